The predicted octanol–water partition coefficient (Wildman–Crippen LogP) is 2.17. The van der Waals surface area contributed by atoms with Crippen molar-refractivity contribution in [1.82, 2.24) is 4.90 Å². The topological polar surface area (TPSA) is 20.3 Å². The smallest absolute Gasteiger partial charge is 0.223 e. The molecule has 0 spiro atoms. The van der Waals surface area contributed by atoms with Crippen LogP contribution in [-0.2, 0) is 4.79 Å². The number of likely N-dealkylation sites (tertiary alicyclic amines) is 1. The number of carbonyl (C=O) groups excluding carboxylic acids is 1. The average molecular weight is 234 g/mol. The Labute approximate surface area is 82.4 Å². The number of hydrogen-bond donors (Lipinski definition) is 0. The Bertz CT molecular complexity index is 161. The Balaban J connectivity index is 2.19. The summed E-state index contributed by atoms with van der Waals surface area (Å²) in [6, 6.07) is 0. The number of nitrogens with zero attached hydrogens (tertiary/aromatic N) is 1. The number of alkyl halides is 1. The van der Waals surface area contributed by atoms with E-state index in [4.69, 9.17) is 0 Å². The Kier molecular flexibility index (Phi) is 4.06. The monoisotopic (exact) mass is 233 g/mol. The van der Waals surface area contributed by atoms with Crippen molar-refractivity contribution in [3.8, 4) is 0 Å². The molecule has 1 saturated heterocycles. The molecular weight excluding hydrogens is 218 g/mol. The first kappa shape index (κ1) is 10.0. The minimum Gasteiger partial charge on any atom is -0.342 e. The van der Waals surface area contributed by atoms with E-state index in [1.54, 1.807) is 0 Å². The maximum absolute atomic E-state index is 11.3. The molecule has 0 aromatic rings. The van der Waals surface area contributed by atoms with Crippen LogP contribution in [0.25, 0.3) is 0 Å². The molecule has 0 radical (unpaired) electrons. The van der Waals surface area contributed by atoms with E-state index in [0.29, 0.717) is 17.2 Å². The first-order chi connectivity index (χ1) is 5.74. The summed E-state index contributed by atoms with van der Waals surface area (Å²) < 4.78 is 0. The fourth-order valence-corrected chi connectivity index (χ4v) is 2.12. The summed E-state index contributed by atoms with van der Waals surface area (Å²) in [4.78, 5) is 13.6. The second-order valence-corrected chi connectivity index (χ2v) is 4.64. The quantitative estimate of drug-likeness (QED) is 0.539. The van der Waals surface area contributed by atoms with Crippen LogP contribution in [0, 0.1) is 0 Å². The van der Waals surface area contributed by atoms with Crippen LogP contribution in [0.3, 0.4) is 0 Å². The summed E-state index contributed by atoms with van der Waals surface area (Å²) in [6.45, 7) is 4.04. The third-order valence-electron chi connectivity index (χ3n) is 2.20. The lowest BCUT2D eigenvalue weighted by Crippen LogP contribution is -2.26. The molecule has 2 nitrogen and oxygen atoms in total. The van der Waals surface area contributed by atoms with Crippen molar-refractivity contribution in [3.63, 3.8) is 0 Å². The van der Waals surface area contributed by atoms with Crippen LogP contribution < -0.4 is 0 Å². The lowest BCUT2D eigenvalue weighted by Gasteiger charge is -2.14. The zero-order valence-electron chi connectivity index (χ0n) is 7.55. The van der Waals surface area contributed by atoms with E-state index in [1.165, 1.54) is 12.8 Å². The van der Waals surface area contributed by atoms with Gasteiger partial charge >= 0.3 is 0 Å². The Morgan fingerprint density at radius 2 is 2.33 bits per heavy atom. The maximum atomic E-state index is 11.3. The lowest BCUT2D eigenvalue weighted by atomic mass is 10.2. The normalized spacial score (nSPS) is 23.7. The zero-order valence-corrected chi connectivity index (χ0v) is 9.14. The summed E-state index contributed by atoms with van der Waals surface area (Å²) in [7, 11) is 0. The fourth-order valence-electron chi connectivity index (χ4n) is 1.49. The largest absolute Gasteiger partial charge is 0.342 e. The van der Waals surface area contributed by atoms with Crippen LogP contribution in [0.15, 0.2) is 0 Å². The van der Waals surface area contributed by atoms with Gasteiger partial charge in [-0.05, 0) is 6.42 Å². The number of hydrogen-bond acceptors (Lipinski definition) is 1. The van der Waals surface area contributed by atoms with Gasteiger partial charge < -0.3 is 4.90 Å². The summed E-state index contributed by atoms with van der Waals surface area (Å²) in [6.07, 6.45) is 4.30. The molecule has 1 rings (SSSR count). The first-order valence-electron chi connectivity index (χ1n) is 4.66. The van der Waals surface area contributed by atoms with Crippen molar-refractivity contribution in [1.29, 1.82) is 0 Å². The second kappa shape index (κ2) is 4.85. The number of unbranched alkanes of at least 4 members (excludes halogenated alkanes) is 2. The van der Waals surface area contributed by atoms with Gasteiger partial charge in [-0.3, -0.25) is 4.79 Å². The van der Waals surface area contributed by atoms with E-state index >= 15 is 0 Å². The summed E-state index contributed by atoms with van der Waals surface area (Å²) in [5.74, 6) is 0.313. The van der Waals surface area contributed by atoms with Gasteiger partial charge in [0.1, 0.15) is 0 Å². The maximum Gasteiger partial charge on any atom is 0.223 e. The molecule has 1 fully saturated rings. The third kappa shape index (κ3) is 2.77. The highest BCUT2D eigenvalue weighted by Crippen LogP contribution is 2.18. The average Bonchev–Trinajstić information content (AvgIpc) is 2.31. The van der Waals surface area contributed by atoms with Crippen molar-refractivity contribution in [3.05, 3.63) is 0 Å². The number of halogens is 1. The standard InChI is InChI=1S/C9H16BrNO/c1-2-3-4-5-11-7-8(10)6-9(11)12/h8H,2-7H2,1H3. The number of rotatable bonds is 4. The van der Waals surface area contributed by atoms with Crippen molar-refractivity contribution in [2.45, 2.75) is 37.4 Å². The second-order valence-electron chi connectivity index (χ2n) is 3.35. The Morgan fingerprint density at radius 3 is 2.83 bits per heavy atom. The summed E-state index contributed by atoms with van der Waals surface area (Å²) in [5.41, 5.74) is 0. The number of carbonyl (C=O) groups is 1. The molecule has 1 heterocycles. The van der Waals surface area contributed by atoms with E-state index in [-0.39, 0.29) is 0 Å². The molecule has 1 unspecified atom stereocenters. The molecule has 12 heavy (non-hydrogen) atoms. The van der Waals surface area contributed by atoms with Gasteiger partial charge in [0.15, 0.2) is 0 Å². The third-order valence-corrected chi connectivity index (χ3v) is 2.81. The highest BCUT2D eigenvalue weighted by atomic mass is 79.9. The molecule has 0 aromatic carbocycles. The molecule has 0 bridgehead atoms. The lowest BCUT2D eigenvalue weighted by molar-refractivity contribution is -0.127. The van der Waals surface area contributed by atoms with Gasteiger partial charge in [-0.1, -0.05) is 35.7 Å². The first-order valence-corrected chi connectivity index (χ1v) is 5.57. The van der Waals surface area contributed by atoms with Crippen LogP contribution in [0.2, 0.25) is 0 Å². The van der Waals surface area contributed by atoms with Crippen molar-refractivity contribution in [2.24, 2.45) is 0 Å². The van der Waals surface area contributed by atoms with Crippen molar-refractivity contribution < 1.29 is 4.79 Å². The molecule has 0 aliphatic carbocycles. The van der Waals surface area contributed by atoms with Gasteiger partial charge in [0.05, 0.1) is 0 Å². The van der Waals surface area contributed by atoms with Gasteiger partial charge in [-0.25, -0.2) is 0 Å². The van der Waals surface area contributed by atoms with Gasteiger partial charge in [0.25, 0.3) is 0 Å². The Hall–Kier alpha value is -0.0500. The van der Waals surface area contributed by atoms with E-state index < -0.39 is 0 Å². The van der Waals surface area contributed by atoms with E-state index in [2.05, 4.69) is 22.9 Å². The van der Waals surface area contributed by atoms with E-state index in [0.717, 1.165) is 19.5 Å². The van der Waals surface area contributed by atoms with Crippen LogP contribution in [0.1, 0.15) is 32.6 Å². The molecule has 1 aliphatic heterocycles. The van der Waals surface area contributed by atoms with Crippen molar-refractivity contribution in [2.75, 3.05) is 13.1 Å². The fraction of sp³-hybridized carbons (Fsp3) is 0.889. The zero-order chi connectivity index (χ0) is 8.97. The SMILES string of the molecule is CCCCCN1CC(Br)CC1=O. The Morgan fingerprint density at radius 1 is 1.58 bits per heavy atom. The molecule has 70 valence electrons. The van der Waals surface area contributed by atoms with Gasteiger partial charge in [-0.2, -0.15) is 0 Å². The molecule has 0 N–H and O–H groups in total. The van der Waals surface area contributed by atoms with Crippen molar-refractivity contribution >= 4 is 21.8 Å². The summed E-state index contributed by atoms with van der Waals surface area (Å²) >= 11 is 3.47. The summed E-state index contributed by atoms with van der Waals surface area (Å²) in [5, 5.41) is 0. The van der Waals surface area contributed by atoms with Gasteiger partial charge in [0, 0.05) is 24.3 Å². The van der Waals surface area contributed by atoms with Crippen LogP contribution >= 0.6 is 15.9 Å². The number of amides is 1. The highest BCUT2D eigenvalue weighted by molar-refractivity contribution is 9.09. The molecule has 1 aliphatic rings. The van der Waals surface area contributed by atoms with Gasteiger partial charge in [-0.15, -0.1) is 0 Å². The molecule has 1 amide bonds. The minimum absolute atomic E-state index is 0.313. The van der Waals surface area contributed by atoms with Crippen LogP contribution in [0.5, 0.6) is 0 Å². The molecule has 3 heteroatoms. The van der Waals surface area contributed by atoms with E-state index in [9.17, 15) is 4.79 Å². The van der Waals surface area contributed by atoms with Crippen LogP contribution in [0.4, 0.5) is 0 Å². The van der Waals surface area contributed by atoms with Crippen LogP contribution in [-0.4, -0.2) is 28.7 Å². The molecule has 0 aromatic heterocycles. The van der Waals surface area contributed by atoms with E-state index in [1.807, 2.05) is 4.90 Å². The minimum atomic E-state index is 0.313. The molecular formula is C9H16BrNO. The highest BCUT2D eigenvalue weighted by Gasteiger charge is 2.26. The molecule has 0 saturated carbocycles. The molecule has 1 atom stereocenters. The van der Waals surface area contributed by atoms with Gasteiger partial charge in [0.2, 0.25) is 5.91 Å². The predicted molar refractivity (Wildman–Crippen MR) is 53.4 cm³/mol.